The van der Waals surface area contributed by atoms with Crippen LogP contribution in [0.3, 0.4) is 0 Å². The van der Waals surface area contributed by atoms with Crippen molar-refractivity contribution >= 4 is 11.6 Å². The number of nitrogens with one attached hydrogen (secondary N) is 1. The summed E-state index contributed by atoms with van der Waals surface area (Å²) in [7, 11) is 0. The summed E-state index contributed by atoms with van der Waals surface area (Å²) in [6.45, 7) is 3.56. The minimum absolute atomic E-state index is 0.503. The molecule has 0 radical (unpaired) electrons. The fraction of sp³-hybridized carbons (Fsp3) is 0.625. The summed E-state index contributed by atoms with van der Waals surface area (Å²) in [6.07, 6.45) is 6.69. The highest BCUT2D eigenvalue weighted by molar-refractivity contribution is 6.30. The molecule has 0 bridgehead atoms. The van der Waals surface area contributed by atoms with E-state index in [-0.39, 0.29) is 0 Å². The van der Waals surface area contributed by atoms with Gasteiger partial charge in [-0.3, -0.25) is 0 Å². The van der Waals surface area contributed by atoms with Crippen molar-refractivity contribution in [3.05, 3.63) is 34.3 Å². The van der Waals surface area contributed by atoms with Gasteiger partial charge in [-0.2, -0.15) is 0 Å². The van der Waals surface area contributed by atoms with E-state index in [1.807, 2.05) is 12.1 Å². The van der Waals surface area contributed by atoms with E-state index in [1.165, 1.54) is 24.0 Å². The average molecular weight is 282 g/mol. The Kier molecular flexibility index (Phi) is 5.26. The molecule has 2 rings (SSSR count). The number of benzene rings is 1. The van der Waals surface area contributed by atoms with E-state index in [0.29, 0.717) is 6.54 Å². The molecule has 1 aliphatic rings. The highest BCUT2D eigenvalue weighted by Crippen LogP contribution is 2.26. The fourth-order valence-corrected chi connectivity index (χ4v) is 3.08. The zero-order chi connectivity index (χ0) is 13.7. The first-order valence-electron chi connectivity index (χ1n) is 7.27. The van der Waals surface area contributed by atoms with Crippen LogP contribution in [0.25, 0.3) is 0 Å². The van der Waals surface area contributed by atoms with Crippen molar-refractivity contribution in [3.63, 3.8) is 0 Å². The van der Waals surface area contributed by atoms with Gasteiger partial charge in [-0.25, -0.2) is 0 Å². The molecule has 0 saturated heterocycles. The molecule has 3 heteroatoms. The molecule has 0 spiro atoms. The monoisotopic (exact) mass is 281 g/mol. The Labute approximate surface area is 121 Å². The third kappa shape index (κ3) is 4.48. The Morgan fingerprint density at radius 1 is 1.21 bits per heavy atom. The van der Waals surface area contributed by atoms with E-state index >= 15 is 0 Å². The minimum Gasteiger partial charge on any atom is -0.389 e. The Bertz CT molecular complexity index is 411. The molecule has 1 aromatic rings. The van der Waals surface area contributed by atoms with E-state index in [0.717, 1.165) is 37.3 Å². The molecule has 19 heavy (non-hydrogen) atoms. The summed E-state index contributed by atoms with van der Waals surface area (Å²) in [5.41, 5.74) is 1.95. The largest absolute Gasteiger partial charge is 0.389 e. The van der Waals surface area contributed by atoms with Gasteiger partial charge in [-0.05, 0) is 43.0 Å². The Hall–Kier alpha value is -0.570. The quantitative estimate of drug-likeness (QED) is 0.822. The van der Waals surface area contributed by atoms with Crippen LogP contribution in [0.5, 0.6) is 0 Å². The van der Waals surface area contributed by atoms with Crippen LogP contribution in [0, 0.1) is 6.92 Å². The van der Waals surface area contributed by atoms with Crippen molar-refractivity contribution in [1.29, 1.82) is 0 Å². The average Bonchev–Trinajstić information content (AvgIpc) is 2.57. The van der Waals surface area contributed by atoms with Crippen LogP contribution in [0.1, 0.15) is 49.7 Å². The number of aliphatic hydroxyl groups is 1. The molecule has 1 aromatic carbocycles. The van der Waals surface area contributed by atoms with Gasteiger partial charge in [0.2, 0.25) is 0 Å². The van der Waals surface area contributed by atoms with Gasteiger partial charge < -0.3 is 10.4 Å². The van der Waals surface area contributed by atoms with Crippen LogP contribution < -0.4 is 5.32 Å². The second-order valence-corrected chi connectivity index (χ2v) is 6.25. The molecule has 0 atom stereocenters. The van der Waals surface area contributed by atoms with E-state index in [4.69, 9.17) is 11.6 Å². The highest BCUT2D eigenvalue weighted by Gasteiger charge is 2.27. The third-order valence-corrected chi connectivity index (χ3v) is 4.34. The molecular weight excluding hydrogens is 258 g/mol. The lowest BCUT2D eigenvalue weighted by molar-refractivity contribution is 0.0250. The summed E-state index contributed by atoms with van der Waals surface area (Å²) in [4.78, 5) is 0. The van der Waals surface area contributed by atoms with Gasteiger partial charge in [-0.1, -0.05) is 43.4 Å². The minimum atomic E-state index is -0.503. The van der Waals surface area contributed by atoms with E-state index in [1.54, 1.807) is 0 Å². The molecule has 106 valence electrons. The Morgan fingerprint density at radius 2 is 1.89 bits per heavy atom. The predicted molar refractivity (Wildman–Crippen MR) is 80.5 cm³/mol. The Morgan fingerprint density at radius 3 is 2.53 bits per heavy atom. The predicted octanol–water partition coefficient (Wildman–Crippen LogP) is 3.82. The van der Waals surface area contributed by atoms with E-state index in [9.17, 15) is 5.11 Å². The van der Waals surface area contributed by atoms with Crippen molar-refractivity contribution in [3.8, 4) is 0 Å². The van der Waals surface area contributed by atoms with Gasteiger partial charge >= 0.3 is 0 Å². The van der Waals surface area contributed by atoms with Crippen LogP contribution in [0.4, 0.5) is 0 Å². The molecular formula is C16H24ClNO. The highest BCUT2D eigenvalue weighted by atomic mass is 35.5. The summed E-state index contributed by atoms with van der Waals surface area (Å²) in [5, 5.41) is 14.7. The molecule has 1 aliphatic carbocycles. The third-order valence-electron chi connectivity index (χ3n) is 4.11. The van der Waals surface area contributed by atoms with Crippen molar-refractivity contribution in [2.45, 2.75) is 57.6 Å². The molecule has 1 saturated carbocycles. The molecule has 1 fully saturated rings. The topological polar surface area (TPSA) is 32.3 Å². The maximum absolute atomic E-state index is 10.6. The molecule has 0 aromatic heterocycles. The van der Waals surface area contributed by atoms with Crippen molar-refractivity contribution in [1.82, 2.24) is 5.32 Å². The number of aryl methyl sites for hydroxylation is 1. The van der Waals surface area contributed by atoms with Crippen molar-refractivity contribution in [2.24, 2.45) is 0 Å². The first-order chi connectivity index (χ1) is 9.09. The standard InChI is InChI=1S/C16H24ClNO/c1-13-10-15(17)7-6-14(13)11-18-12-16(19)8-4-2-3-5-9-16/h6-7,10,18-19H,2-5,8-9,11-12H2,1H3. The number of halogens is 1. The maximum atomic E-state index is 10.6. The summed E-state index contributed by atoms with van der Waals surface area (Å²) >= 11 is 5.95. The lowest BCUT2D eigenvalue weighted by Crippen LogP contribution is -2.40. The van der Waals surface area contributed by atoms with Crippen LogP contribution >= 0.6 is 11.6 Å². The van der Waals surface area contributed by atoms with Crippen LogP contribution in [-0.4, -0.2) is 17.3 Å². The lowest BCUT2D eigenvalue weighted by Gasteiger charge is -2.27. The number of rotatable bonds is 4. The second kappa shape index (κ2) is 6.74. The van der Waals surface area contributed by atoms with E-state index in [2.05, 4.69) is 18.3 Å². The smallest absolute Gasteiger partial charge is 0.0771 e. The van der Waals surface area contributed by atoms with Crippen molar-refractivity contribution in [2.75, 3.05) is 6.54 Å². The zero-order valence-electron chi connectivity index (χ0n) is 11.7. The molecule has 2 N–H and O–H groups in total. The van der Waals surface area contributed by atoms with Gasteiger partial charge in [0.15, 0.2) is 0 Å². The molecule has 0 unspecified atom stereocenters. The summed E-state index contributed by atoms with van der Waals surface area (Å²) < 4.78 is 0. The zero-order valence-corrected chi connectivity index (χ0v) is 12.5. The molecule has 2 nitrogen and oxygen atoms in total. The first-order valence-corrected chi connectivity index (χ1v) is 7.65. The van der Waals surface area contributed by atoms with Crippen LogP contribution in [-0.2, 0) is 6.54 Å². The number of hydrogen-bond donors (Lipinski definition) is 2. The van der Waals surface area contributed by atoms with E-state index < -0.39 is 5.60 Å². The fourth-order valence-electron chi connectivity index (χ4n) is 2.85. The van der Waals surface area contributed by atoms with Crippen LogP contribution in [0.15, 0.2) is 18.2 Å². The second-order valence-electron chi connectivity index (χ2n) is 5.81. The molecule has 0 heterocycles. The van der Waals surface area contributed by atoms with Gasteiger partial charge in [0.05, 0.1) is 5.60 Å². The lowest BCUT2D eigenvalue weighted by atomic mass is 9.94. The Balaban J connectivity index is 1.85. The normalized spacial score (nSPS) is 19.1. The summed E-state index contributed by atoms with van der Waals surface area (Å²) in [6, 6.07) is 5.96. The van der Waals surface area contributed by atoms with Gasteiger partial charge in [0.1, 0.15) is 0 Å². The molecule has 0 amide bonds. The van der Waals surface area contributed by atoms with Crippen molar-refractivity contribution < 1.29 is 5.11 Å². The number of hydrogen-bond acceptors (Lipinski definition) is 2. The first kappa shape index (κ1) is 14.8. The SMILES string of the molecule is Cc1cc(Cl)ccc1CNCC1(O)CCCCCC1. The molecule has 0 aliphatic heterocycles. The van der Waals surface area contributed by atoms with Gasteiger partial charge in [-0.15, -0.1) is 0 Å². The van der Waals surface area contributed by atoms with Crippen LogP contribution in [0.2, 0.25) is 5.02 Å². The van der Waals surface area contributed by atoms with Gasteiger partial charge in [0, 0.05) is 18.1 Å². The summed E-state index contributed by atoms with van der Waals surface area (Å²) in [5.74, 6) is 0. The van der Waals surface area contributed by atoms with Gasteiger partial charge in [0.25, 0.3) is 0 Å². The maximum Gasteiger partial charge on any atom is 0.0771 e.